The standard InChI is InChI=1S/C14H12ClFN2O3/c1-2-9-10(14(20)21)11(19)7-5-8(16)12(15)17-13(7)18(9)6-3-4-6/h5-6H,2-4H2,1H3,(H,20,21). The van der Waals surface area contributed by atoms with Gasteiger partial charge in [0.2, 0.25) is 5.43 Å². The van der Waals surface area contributed by atoms with Crippen LogP contribution in [0.15, 0.2) is 10.9 Å². The molecule has 5 nitrogen and oxygen atoms in total. The molecule has 21 heavy (non-hydrogen) atoms. The molecule has 0 atom stereocenters. The summed E-state index contributed by atoms with van der Waals surface area (Å²) in [4.78, 5) is 27.8. The summed E-state index contributed by atoms with van der Waals surface area (Å²) in [5, 5.41) is 8.97. The van der Waals surface area contributed by atoms with E-state index in [0.717, 1.165) is 18.9 Å². The predicted molar refractivity (Wildman–Crippen MR) is 75.6 cm³/mol. The summed E-state index contributed by atoms with van der Waals surface area (Å²) < 4.78 is 15.3. The zero-order valence-electron chi connectivity index (χ0n) is 11.2. The highest BCUT2D eigenvalue weighted by atomic mass is 35.5. The van der Waals surface area contributed by atoms with Crippen LogP contribution in [0.25, 0.3) is 11.0 Å². The van der Waals surface area contributed by atoms with E-state index in [1.807, 2.05) is 0 Å². The van der Waals surface area contributed by atoms with Crippen LogP contribution >= 0.6 is 11.6 Å². The molecule has 110 valence electrons. The van der Waals surface area contributed by atoms with Crippen molar-refractivity contribution in [1.82, 2.24) is 9.55 Å². The van der Waals surface area contributed by atoms with Gasteiger partial charge in [-0.2, -0.15) is 0 Å². The van der Waals surface area contributed by atoms with E-state index in [0.29, 0.717) is 12.1 Å². The number of hydrogen-bond donors (Lipinski definition) is 1. The Morgan fingerprint density at radius 2 is 2.24 bits per heavy atom. The Hall–Kier alpha value is -1.95. The molecule has 0 saturated heterocycles. The molecule has 0 aliphatic heterocycles. The SMILES string of the molecule is CCc1c(C(=O)O)c(=O)c2cc(F)c(Cl)nc2n1C1CC1. The maximum Gasteiger partial charge on any atom is 0.341 e. The van der Waals surface area contributed by atoms with Crippen LogP contribution in [0.2, 0.25) is 5.15 Å². The molecule has 1 N–H and O–H groups in total. The third-order valence-corrected chi connectivity index (χ3v) is 3.92. The number of carbonyl (C=O) groups is 1. The molecule has 0 spiro atoms. The minimum absolute atomic E-state index is 0.0431. The van der Waals surface area contributed by atoms with E-state index in [1.165, 1.54) is 0 Å². The first-order valence-electron chi connectivity index (χ1n) is 6.62. The van der Waals surface area contributed by atoms with Gasteiger partial charge in [-0.1, -0.05) is 18.5 Å². The molecule has 1 fully saturated rings. The lowest BCUT2D eigenvalue weighted by atomic mass is 10.1. The Balaban J connectivity index is 2.54. The number of aromatic nitrogens is 2. The van der Waals surface area contributed by atoms with Gasteiger partial charge in [-0.05, 0) is 25.3 Å². The van der Waals surface area contributed by atoms with Crippen molar-refractivity contribution >= 4 is 28.6 Å². The highest BCUT2D eigenvalue weighted by Gasteiger charge is 2.31. The van der Waals surface area contributed by atoms with Gasteiger partial charge in [-0.25, -0.2) is 14.2 Å². The summed E-state index contributed by atoms with van der Waals surface area (Å²) in [5.41, 5.74) is -0.344. The predicted octanol–water partition coefficient (Wildman–Crippen LogP) is 2.78. The summed E-state index contributed by atoms with van der Waals surface area (Å²) in [7, 11) is 0. The van der Waals surface area contributed by atoms with Crippen LogP contribution in [-0.4, -0.2) is 20.6 Å². The van der Waals surface area contributed by atoms with Crippen LogP contribution < -0.4 is 5.43 Å². The molecule has 1 aliphatic carbocycles. The average Bonchev–Trinajstić information content (AvgIpc) is 3.24. The van der Waals surface area contributed by atoms with E-state index >= 15 is 0 Å². The number of pyridine rings is 2. The second-order valence-corrected chi connectivity index (χ2v) is 5.40. The molecular weight excluding hydrogens is 299 g/mol. The van der Waals surface area contributed by atoms with Crippen molar-refractivity contribution in [2.24, 2.45) is 0 Å². The smallest absolute Gasteiger partial charge is 0.341 e. The van der Waals surface area contributed by atoms with Crippen molar-refractivity contribution in [2.75, 3.05) is 0 Å². The Labute approximate surface area is 124 Å². The number of carboxylic acid groups (broad SMARTS) is 1. The lowest BCUT2D eigenvalue weighted by molar-refractivity contribution is 0.0693. The van der Waals surface area contributed by atoms with Gasteiger partial charge in [-0.3, -0.25) is 4.79 Å². The average molecular weight is 311 g/mol. The summed E-state index contributed by atoms with van der Waals surface area (Å²) >= 11 is 5.72. The van der Waals surface area contributed by atoms with E-state index in [2.05, 4.69) is 4.98 Å². The molecule has 2 aromatic rings. The second-order valence-electron chi connectivity index (χ2n) is 5.04. The molecule has 0 bridgehead atoms. The van der Waals surface area contributed by atoms with Crippen molar-refractivity contribution < 1.29 is 14.3 Å². The Bertz CT molecular complexity index is 827. The number of rotatable bonds is 3. The number of aromatic carboxylic acids is 1. The minimum atomic E-state index is -1.30. The summed E-state index contributed by atoms with van der Waals surface area (Å²) in [6.45, 7) is 1.77. The van der Waals surface area contributed by atoms with E-state index < -0.39 is 17.2 Å². The summed E-state index contributed by atoms with van der Waals surface area (Å²) in [5.74, 6) is -2.13. The van der Waals surface area contributed by atoms with Gasteiger partial charge in [0.15, 0.2) is 11.0 Å². The van der Waals surface area contributed by atoms with E-state index in [1.54, 1.807) is 11.5 Å². The number of hydrogen-bond acceptors (Lipinski definition) is 3. The van der Waals surface area contributed by atoms with Crippen LogP contribution in [0.5, 0.6) is 0 Å². The zero-order valence-corrected chi connectivity index (χ0v) is 11.9. The first-order chi connectivity index (χ1) is 9.95. The second kappa shape index (κ2) is 4.80. The fraction of sp³-hybridized carbons (Fsp3) is 0.357. The molecule has 1 saturated carbocycles. The van der Waals surface area contributed by atoms with Crippen LogP contribution in [-0.2, 0) is 6.42 Å². The molecule has 1 aliphatic rings. The van der Waals surface area contributed by atoms with Crippen LogP contribution in [0, 0.1) is 5.82 Å². The van der Waals surface area contributed by atoms with Crippen molar-refractivity contribution in [3.05, 3.63) is 38.5 Å². The topological polar surface area (TPSA) is 72.2 Å². The maximum atomic E-state index is 13.6. The van der Waals surface area contributed by atoms with Crippen molar-refractivity contribution in [1.29, 1.82) is 0 Å². The number of carboxylic acids is 1. The van der Waals surface area contributed by atoms with Crippen molar-refractivity contribution in [3.8, 4) is 0 Å². The maximum absolute atomic E-state index is 13.6. The lowest BCUT2D eigenvalue weighted by Crippen LogP contribution is -2.24. The fourth-order valence-corrected chi connectivity index (χ4v) is 2.75. The Kier molecular flexibility index (Phi) is 3.20. The molecule has 3 rings (SSSR count). The third-order valence-electron chi connectivity index (χ3n) is 3.65. The highest BCUT2D eigenvalue weighted by Crippen LogP contribution is 2.38. The lowest BCUT2D eigenvalue weighted by Gasteiger charge is -2.17. The van der Waals surface area contributed by atoms with Gasteiger partial charge >= 0.3 is 5.97 Å². The molecule has 0 unspecified atom stereocenters. The normalized spacial score (nSPS) is 14.6. The van der Waals surface area contributed by atoms with Crippen molar-refractivity contribution in [2.45, 2.75) is 32.2 Å². The molecule has 0 radical (unpaired) electrons. The van der Waals surface area contributed by atoms with E-state index in [-0.39, 0.29) is 27.8 Å². The van der Waals surface area contributed by atoms with Gasteiger partial charge in [0.25, 0.3) is 0 Å². The van der Waals surface area contributed by atoms with Crippen LogP contribution in [0.1, 0.15) is 41.9 Å². The monoisotopic (exact) mass is 310 g/mol. The van der Waals surface area contributed by atoms with Crippen LogP contribution in [0.4, 0.5) is 4.39 Å². The van der Waals surface area contributed by atoms with Gasteiger partial charge in [0.1, 0.15) is 11.2 Å². The zero-order chi connectivity index (χ0) is 15.3. The molecule has 0 amide bonds. The fourth-order valence-electron chi connectivity index (χ4n) is 2.62. The summed E-state index contributed by atoms with van der Waals surface area (Å²) in [6.07, 6.45) is 2.13. The molecule has 2 heterocycles. The number of nitrogens with zero attached hydrogens (tertiary/aromatic N) is 2. The Morgan fingerprint density at radius 3 is 2.76 bits per heavy atom. The van der Waals surface area contributed by atoms with E-state index in [4.69, 9.17) is 11.6 Å². The molecule has 2 aromatic heterocycles. The Morgan fingerprint density at radius 1 is 1.57 bits per heavy atom. The largest absolute Gasteiger partial charge is 0.477 e. The van der Waals surface area contributed by atoms with Crippen molar-refractivity contribution in [3.63, 3.8) is 0 Å². The van der Waals surface area contributed by atoms with Crippen LogP contribution in [0.3, 0.4) is 0 Å². The van der Waals surface area contributed by atoms with Gasteiger partial charge in [0, 0.05) is 11.7 Å². The minimum Gasteiger partial charge on any atom is -0.477 e. The molecule has 0 aromatic carbocycles. The molecule has 7 heteroatoms. The summed E-state index contributed by atoms with van der Waals surface area (Å²) in [6, 6.07) is 1.06. The third kappa shape index (κ3) is 2.10. The molecular formula is C14H12ClFN2O3. The van der Waals surface area contributed by atoms with Gasteiger partial charge < -0.3 is 9.67 Å². The first kappa shape index (κ1) is 14.0. The first-order valence-corrected chi connectivity index (χ1v) is 6.99. The number of fused-ring (bicyclic) bond motifs is 1. The quantitative estimate of drug-likeness (QED) is 0.885. The number of halogens is 2. The van der Waals surface area contributed by atoms with Gasteiger partial charge in [-0.15, -0.1) is 0 Å². The highest BCUT2D eigenvalue weighted by molar-refractivity contribution is 6.29. The van der Waals surface area contributed by atoms with Gasteiger partial charge in [0.05, 0.1) is 5.39 Å². The van der Waals surface area contributed by atoms with E-state index in [9.17, 15) is 19.1 Å².